The monoisotopic (exact) mass is 796 g/mol. The Hall–Kier alpha value is -7.88. The molecule has 0 aliphatic heterocycles. The summed E-state index contributed by atoms with van der Waals surface area (Å²) in [6.45, 7) is 4.48. The topological polar surface area (TPSA) is 19.6 Å². The molecule has 296 valence electrons. The zero-order valence-corrected chi connectivity index (χ0v) is 34.7. The lowest BCUT2D eigenvalue weighted by molar-refractivity contribution is 0.670. The van der Waals surface area contributed by atoms with Gasteiger partial charge in [0.15, 0.2) is 0 Å². The molecular formula is C59H44N2O. The molecule has 1 aromatic heterocycles. The Balaban J connectivity index is 1.01. The highest BCUT2D eigenvalue weighted by Gasteiger charge is 2.20. The molecule has 0 N–H and O–H groups in total. The summed E-state index contributed by atoms with van der Waals surface area (Å²) in [6.07, 6.45) is 0. The smallest absolute Gasteiger partial charge is 0.136 e. The van der Waals surface area contributed by atoms with Gasteiger partial charge in [-0.3, -0.25) is 0 Å². The number of para-hydroxylation sites is 4. The third-order valence-electron chi connectivity index (χ3n) is 12.2. The molecule has 11 rings (SSSR count). The lowest BCUT2D eigenvalue weighted by Crippen LogP contribution is -2.11. The fourth-order valence-corrected chi connectivity index (χ4v) is 9.01. The molecule has 3 heteroatoms. The maximum Gasteiger partial charge on any atom is 0.136 e. The van der Waals surface area contributed by atoms with E-state index in [9.17, 15) is 0 Å². The molecule has 3 nitrogen and oxygen atoms in total. The van der Waals surface area contributed by atoms with Gasteiger partial charge in [0.25, 0.3) is 0 Å². The van der Waals surface area contributed by atoms with Gasteiger partial charge in [-0.2, -0.15) is 0 Å². The van der Waals surface area contributed by atoms with Crippen molar-refractivity contribution in [2.45, 2.75) is 19.8 Å². The van der Waals surface area contributed by atoms with E-state index in [1.807, 2.05) is 0 Å². The molecule has 0 fully saturated rings. The summed E-state index contributed by atoms with van der Waals surface area (Å²) in [4.78, 5) is 4.73. The maximum atomic E-state index is 6.76. The van der Waals surface area contributed by atoms with Crippen LogP contribution in [-0.2, 0) is 0 Å². The van der Waals surface area contributed by atoms with Crippen molar-refractivity contribution in [2.75, 3.05) is 9.80 Å². The Bertz CT molecular complexity index is 3370. The van der Waals surface area contributed by atoms with Crippen molar-refractivity contribution in [3.63, 3.8) is 0 Å². The van der Waals surface area contributed by atoms with Gasteiger partial charge in [-0.05, 0) is 129 Å². The standard InChI is InChI=1S/C59H44N2O/c1-40(2)41-26-28-43(29-27-41)53-23-13-15-25-57(53)61(49-20-10-5-11-21-49)51-33-31-45-37-55-54-36-44-30-32-50(34-46(44)38-58(54)62-59(55)39-47(45)35-51)60(48-18-8-4-9-19-48)56-24-14-12-22-52(56)42-16-6-3-7-17-42/h3-40H,1-2H3. The fourth-order valence-electron chi connectivity index (χ4n) is 9.01. The highest BCUT2D eigenvalue weighted by molar-refractivity contribution is 6.14. The van der Waals surface area contributed by atoms with Gasteiger partial charge in [0.1, 0.15) is 11.2 Å². The van der Waals surface area contributed by atoms with E-state index in [0.717, 1.165) is 66.8 Å². The second-order valence-electron chi connectivity index (χ2n) is 16.4. The zero-order chi connectivity index (χ0) is 41.6. The molecule has 0 saturated heterocycles. The Morgan fingerprint density at radius 2 is 0.758 bits per heavy atom. The molecule has 0 amide bonds. The van der Waals surface area contributed by atoms with Crippen molar-refractivity contribution in [1.29, 1.82) is 0 Å². The third-order valence-corrected chi connectivity index (χ3v) is 12.2. The van der Waals surface area contributed by atoms with Crippen LogP contribution >= 0.6 is 0 Å². The zero-order valence-electron chi connectivity index (χ0n) is 34.7. The molecule has 0 unspecified atom stereocenters. The van der Waals surface area contributed by atoms with Gasteiger partial charge in [-0.15, -0.1) is 0 Å². The highest BCUT2D eigenvalue weighted by atomic mass is 16.3. The van der Waals surface area contributed by atoms with Gasteiger partial charge in [0.2, 0.25) is 0 Å². The van der Waals surface area contributed by atoms with Crippen LogP contribution in [-0.4, -0.2) is 0 Å². The summed E-state index contributed by atoms with van der Waals surface area (Å²) >= 11 is 0. The first-order valence-corrected chi connectivity index (χ1v) is 21.4. The minimum absolute atomic E-state index is 0.479. The number of benzene rings is 10. The number of anilines is 6. The van der Waals surface area contributed by atoms with E-state index in [2.05, 4.69) is 248 Å². The van der Waals surface area contributed by atoms with Crippen LogP contribution in [0.5, 0.6) is 0 Å². The van der Waals surface area contributed by atoms with Gasteiger partial charge < -0.3 is 14.2 Å². The predicted octanol–water partition coefficient (Wildman–Crippen LogP) is 17.3. The van der Waals surface area contributed by atoms with E-state index in [-0.39, 0.29) is 0 Å². The van der Waals surface area contributed by atoms with Gasteiger partial charge in [-0.25, -0.2) is 0 Å². The van der Waals surface area contributed by atoms with Crippen molar-refractivity contribution in [3.05, 3.63) is 230 Å². The molecule has 1 heterocycles. The molecule has 0 bridgehead atoms. The van der Waals surface area contributed by atoms with Crippen LogP contribution in [0.3, 0.4) is 0 Å². The Labute approximate surface area is 362 Å². The summed E-state index contributed by atoms with van der Waals surface area (Å²) < 4.78 is 6.76. The molecule has 0 aliphatic rings. The van der Waals surface area contributed by atoms with E-state index < -0.39 is 0 Å². The minimum atomic E-state index is 0.479. The highest BCUT2D eigenvalue weighted by Crippen LogP contribution is 2.45. The van der Waals surface area contributed by atoms with Crippen molar-refractivity contribution < 1.29 is 4.42 Å². The normalized spacial score (nSPS) is 11.5. The molecule has 11 aromatic rings. The molecule has 0 atom stereocenters. The number of hydrogen-bond acceptors (Lipinski definition) is 3. The van der Waals surface area contributed by atoms with Gasteiger partial charge in [0, 0.05) is 44.6 Å². The Kier molecular flexibility index (Phi) is 9.36. The van der Waals surface area contributed by atoms with Crippen molar-refractivity contribution in [2.24, 2.45) is 0 Å². The molecule has 10 aromatic carbocycles. The number of rotatable bonds is 9. The number of hydrogen-bond donors (Lipinski definition) is 0. The predicted molar refractivity (Wildman–Crippen MR) is 263 cm³/mol. The largest absolute Gasteiger partial charge is 0.456 e. The summed E-state index contributed by atoms with van der Waals surface area (Å²) in [5.74, 6) is 0.479. The summed E-state index contributed by atoms with van der Waals surface area (Å²) in [7, 11) is 0. The first-order chi connectivity index (χ1) is 30.6. The summed E-state index contributed by atoms with van der Waals surface area (Å²) in [6, 6.07) is 80.8. The molecule has 0 radical (unpaired) electrons. The minimum Gasteiger partial charge on any atom is -0.456 e. The van der Waals surface area contributed by atoms with Crippen molar-refractivity contribution in [1.82, 2.24) is 0 Å². The molecule has 0 saturated carbocycles. The first kappa shape index (κ1) is 37.1. The molecule has 0 aliphatic carbocycles. The molecule has 62 heavy (non-hydrogen) atoms. The first-order valence-electron chi connectivity index (χ1n) is 21.4. The molecule has 0 spiro atoms. The molecular weight excluding hydrogens is 753 g/mol. The van der Waals surface area contributed by atoms with Crippen LogP contribution in [0.25, 0.3) is 65.7 Å². The average molecular weight is 797 g/mol. The van der Waals surface area contributed by atoms with Crippen LogP contribution < -0.4 is 9.80 Å². The van der Waals surface area contributed by atoms with Gasteiger partial charge in [-0.1, -0.05) is 153 Å². The number of nitrogens with zero attached hydrogens (tertiary/aromatic N) is 2. The quantitative estimate of drug-likeness (QED) is 0.145. The maximum absolute atomic E-state index is 6.76. The van der Waals surface area contributed by atoms with Crippen molar-refractivity contribution >= 4 is 77.6 Å². The lowest BCUT2D eigenvalue weighted by Gasteiger charge is -2.28. The Morgan fingerprint density at radius 3 is 1.23 bits per heavy atom. The van der Waals surface area contributed by atoms with E-state index in [1.54, 1.807) is 0 Å². The van der Waals surface area contributed by atoms with E-state index in [4.69, 9.17) is 4.42 Å². The van der Waals surface area contributed by atoms with Crippen LogP contribution in [0.15, 0.2) is 229 Å². The van der Waals surface area contributed by atoms with E-state index >= 15 is 0 Å². The second-order valence-corrected chi connectivity index (χ2v) is 16.4. The van der Waals surface area contributed by atoms with Crippen LogP contribution in [0.4, 0.5) is 34.1 Å². The SMILES string of the molecule is CC(C)c1ccc(-c2ccccc2N(c2ccccc2)c2ccc3cc4c(cc3c2)oc2cc3cc(N(c5ccccc5)c5ccccc5-c5ccccc5)ccc3cc24)cc1. The lowest BCUT2D eigenvalue weighted by atomic mass is 9.97. The van der Waals surface area contributed by atoms with E-state index in [1.165, 1.54) is 38.6 Å². The van der Waals surface area contributed by atoms with Crippen LogP contribution in [0.2, 0.25) is 0 Å². The third kappa shape index (κ3) is 6.74. The van der Waals surface area contributed by atoms with Gasteiger partial charge >= 0.3 is 0 Å². The fraction of sp³-hybridized carbons (Fsp3) is 0.0508. The van der Waals surface area contributed by atoms with Crippen LogP contribution in [0, 0.1) is 0 Å². The summed E-state index contributed by atoms with van der Waals surface area (Å²) in [5.41, 5.74) is 14.4. The average Bonchev–Trinajstić information content (AvgIpc) is 3.67. The Morgan fingerprint density at radius 1 is 0.339 bits per heavy atom. The van der Waals surface area contributed by atoms with Crippen LogP contribution in [0.1, 0.15) is 25.3 Å². The van der Waals surface area contributed by atoms with Crippen molar-refractivity contribution in [3.8, 4) is 22.3 Å². The second kappa shape index (κ2) is 15.6. The number of furan rings is 1. The van der Waals surface area contributed by atoms with Gasteiger partial charge in [0.05, 0.1) is 11.4 Å². The number of fused-ring (bicyclic) bond motifs is 5. The van der Waals surface area contributed by atoms with E-state index in [0.29, 0.717) is 5.92 Å². The summed E-state index contributed by atoms with van der Waals surface area (Å²) in [5, 5.41) is 6.81.